The molecule has 2 rings (SSSR count). The standard InChI is InChI=1S/C11H18N6S/c1-7-4-9(3)17(16-7)6-8(2)13-5-10-14-15-11(12)18-10/h4,8,13H,5-6H2,1-3H3,(H2,12,15). The van der Waals surface area contributed by atoms with Gasteiger partial charge in [-0.15, -0.1) is 10.2 Å². The molecule has 0 aliphatic carbocycles. The van der Waals surface area contributed by atoms with Gasteiger partial charge < -0.3 is 11.1 Å². The molecule has 6 nitrogen and oxygen atoms in total. The fourth-order valence-electron chi connectivity index (χ4n) is 1.78. The Morgan fingerprint density at radius 3 is 2.78 bits per heavy atom. The van der Waals surface area contributed by atoms with Crippen molar-refractivity contribution in [3.8, 4) is 0 Å². The average Bonchev–Trinajstić information content (AvgIpc) is 2.83. The zero-order chi connectivity index (χ0) is 13.1. The summed E-state index contributed by atoms with van der Waals surface area (Å²) in [6.45, 7) is 7.73. The van der Waals surface area contributed by atoms with Gasteiger partial charge in [-0.3, -0.25) is 4.68 Å². The Balaban J connectivity index is 1.85. The van der Waals surface area contributed by atoms with E-state index in [2.05, 4.69) is 40.5 Å². The zero-order valence-electron chi connectivity index (χ0n) is 10.8. The molecule has 2 aromatic heterocycles. The van der Waals surface area contributed by atoms with Crippen molar-refractivity contribution in [1.29, 1.82) is 0 Å². The topological polar surface area (TPSA) is 81.7 Å². The van der Waals surface area contributed by atoms with Crippen LogP contribution in [0.3, 0.4) is 0 Å². The van der Waals surface area contributed by atoms with E-state index in [-0.39, 0.29) is 0 Å². The summed E-state index contributed by atoms with van der Waals surface area (Å²) < 4.78 is 2.02. The van der Waals surface area contributed by atoms with Gasteiger partial charge in [0.05, 0.1) is 18.8 Å². The van der Waals surface area contributed by atoms with Crippen molar-refractivity contribution in [1.82, 2.24) is 25.3 Å². The van der Waals surface area contributed by atoms with Crippen LogP contribution >= 0.6 is 11.3 Å². The molecular weight excluding hydrogens is 248 g/mol. The van der Waals surface area contributed by atoms with Gasteiger partial charge in [0.15, 0.2) is 0 Å². The zero-order valence-corrected chi connectivity index (χ0v) is 11.7. The van der Waals surface area contributed by atoms with E-state index in [1.807, 2.05) is 11.6 Å². The lowest BCUT2D eigenvalue weighted by Crippen LogP contribution is -2.30. The molecule has 0 radical (unpaired) electrons. The number of nitrogen functional groups attached to an aromatic ring is 1. The van der Waals surface area contributed by atoms with Gasteiger partial charge in [-0.2, -0.15) is 5.10 Å². The highest BCUT2D eigenvalue weighted by Crippen LogP contribution is 2.10. The third-order valence-corrected chi connectivity index (χ3v) is 3.39. The van der Waals surface area contributed by atoms with Crippen molar-refractivity contribution in [2.75, 3.05) is 5.73 Å². The molecule has 0 aliphatic rings. The molecule has 0 aromatic carbocycles. The van der Waals surface area contributed by atoms with Crippen LogP contribution in [-0.4, -0.2) is 26.0 Å². The molecule has 0 saturated heterocycles. The summed E-state index contributed by atoms with van der Waals surface area (Å²) in [5.74, 6) is 0. The van der Waals surface area contributed by atoms with E-state index < -0.39 is 0 Å². The Kier molecular flexibility index (Phi) is 3.93. The SMILES string of the molecule is Cc1cc(C)n(CC(C)NCc2nnc(N)s2)n1. The number of nitrogens with one attached hydrogen (secondary N) is 1. The number of aryl methyl sites for hydroxylation is 2. The minimum atomic E-state index is 0.313. The minimum Gasteiger partial charge on any atom is -0.374 e. The lowest BCUT2D eigenvalue weighted by atomic mass is 10.3. The number of hydrogen-bond acceptors (Lipinski definition) is 6. The Morgan fingerprint density at radius 2 is 2.22 bits per heavy atom. The van der Waals surface area contributed by atoms with Crippen molar-refractivity contribution >= 4 is 16.5 Å². The van der Waals surface area contributed by atoms with Crippen LogP contribution in [0, 0.1) is 13.8 Å². The maximum absolute atomic E-state index is 5.53. The Morgan fingerprint density at radius 1 is 1.44 bits per heavy atom. The van der Waals surface area contributed by atoms with Crippen LogP contribution in [0.5, 0.6) is 0 Å². The molecule has 0 fully saturated rings. The molecule has 2 aromatic rings. The predicted octanol–water partition coefficient (Wildman–Crippen LogP) is 1.11. The summed E-state index contributed by atoms with van der Waals surface area (Å²) in [6.07, 6.45) is 0. The summed E-state index contributed by atoms with van der Waals surface area (Å²) >= 11 is 1.41. The summed E-state index contributed by atoms with van der Waals surface area (Å²) in [7, 11) is 0. The quantitative estimate of drug-likeness (QED) is 0.847. The minimum absolute atomic E-state index is 0.313. The predicted molar refractivity (Wildman–Crippen MR) is 72.3 cm³/mol. The average molecular weight is 266 g/mol. The maximum Gasteiger partial charge on any atom is 0.203 e. The van der Waals surface area contributed by atoms with E-state index in [9.17, 15) is 0 Å². The molecule has 0 spiro atoms. The van der Waals surface area contributed by atoms with E-state index in [0.29, 0.717) is 17.7 Å². The van der Waals surface area contributed by atoms with Crippen LogP contribution < -0.4 is 11.1 Å². The van der Waals surface area contributed by atoms with Gasteiger partial charge in [0.1, 0.15) is 5.01 Å². The normalized spacial score (nSPS) is 12.8. The third kappa shape index (κ3) is 3.27. The summed E-state index contributed by atoms with van der Waals surface area (Å²) in [4.78, 5) is 0. The van der Waals surface area contributed by atoms with E-state index in [4.69, 9.17) is 5.73 Å². The molecule has 2 heterocycles. The maximum atomic E-state index is 5.53. The van der Waals surface area contributed by atoms with Crippen molar-refractivity contribution in [3.63, 3.8) is 0 Å². The monoisotopic (exact) mass is 266 g/mol. The smallest absolute Gasteiger partial charge is 0.203 e. The summed E-state index contributed by atoms with van der Waals surface area (Å²) in [5, 5.41) is 17.0. The highest BCUT2D eigenvalue weighted by molar-refractivity contribution is 7.15. The van der Waals surface area contributed by atoms with Gasteiger partial charge in [0.2, 0.25) is 5.13 Å². The summed E-state index contributed by atoms with van der Waals surface area (Å²) in [5.41, 5.74) is 7.77. The molecule has 1 unspecified atom stereocenters. The first kappa shape index (κ1) is 13.0. The van der Waals surface area contributed by atoms with Gasteiger partial charge in [0, 0.05) is 11.7 Å². The number of hydrogen-bond donors (Lipinski definition) is 2. The molecule has 1 atom stereocenters. The first-order valence-electron chi connectivity index (χ1n) is 5.87. The highest BCUT2D eigenvalue weighted by atomic mass is 32.1. The van der Waals surface area contributed by atoms with Crippen molar-refractivity contribution in [2.24, 2.45) is 0 Å². The number of aromatic nitrogens is 4. The molecule has 98 valence electrons. The fourth-order valence-corrected chi connectivity index (χ4v) is 2.34. The molecule has 7 heteroatoms. The van der Waals surface area contributed by atoms with E-state index in [1.165, 1.54) is 17.0 Å². The fraction of sp³-hybridized carbons (Fsp3) is 0.545. The van der Waals surface area contributed by atoms with E-state index in [0.717, 1.165) is 17.2 Å². The van der Waals surface area contributed by atoms with Crippen LogP contribution in [0.25, 0.3) is 0 Å². The van der Waals surface area contributed by atoms with Crippen molar-refractivity contribution < 1.29 is 0 Å². The molecule has 0 bridgehead atoms. The first-order chi connectivity index (χ1) is 8.54. The number of nitrogens with zero attached hydrogens (tertiary/aromatic N) is 4. The second-order valence-electron chi connectivity index (χ2n) is 4.43. The van der Waals surface area contributed by atoms with Crippen molar-refractivity contribution in [3.05, 3.63) is 22.5 Å². The molecule has 0 amide bonds. The molecule has 0 saturated carbocycles. The third-order valence-electron chi connectivity index (χ3n) is 2.63. The van der Waals surface area contributed by atoms with Crippen LogP contribution in [0.1, 0.15) is 23.3 Å². The van der Waals surface area contributed by atoms with Gasteiger partial charge in [0.25, 0.3) is 0 Å². The first-order valence-corrected chi connectivity index (χ1v) is 6.68. The second kappa shape index (κ2) is 5.45. The lowest BCUT2D eigenvalue weighted by Gasteiger charge is -2.13. The molecule has 18 heavy (non-hydrogen) atoms. The van der Waals surface area contributed by atoms with E-state index >= 15 is 0 Å². The van der Waals surface area contributed by atoms with Crippen LogP contribution in [-0.2, 0) is 13.1 Å². The van der Waals surface area contributed by atoms with Gasteiger partial charge in [-0.25, -0.2) is 0 Å². The lowest BCUT2D eigenvalue weighted by molar-refractivity contribution is 0.443. The number of nitrogens with two attached hydrogens (primary N) is 1. The van der Waals surface area contributed by atoms with Crippen LogP contribution in [0.15, 0.2) is 6.07 Å². The highest BCUT2D eigenvalue weighted by Gasteiger charge is 2.08. The molecular formula is C11H18N6S. The summed E-state index contributed by atoms with van der Waals surface area (Å²) in [6, 6.07) is 2.39. The van der Waals surface area contributed by atoms with Crippen molar-refractivity contribution in [2.45, 2.75) is 39.9 Å². The van der Waals surface area contributed by atoms with Crippen LogP contribution in [0.4, 0.5) is 5.13 Å². The van der Waals surface area contributed by atoms with E-state index in [1.54, 1.807) is 0 Å². The van der Waals surface area contributed by atoms with Gasteiger partial charge in [-0.1, -0.05) is 11.3 Å². The Labute approximate surface area is 110 Å². The van der Waals surface area contributed by atoms with Crippen LogP contribution in [0.2, 0.25) is 0 Å². The largest absolute Gasteiger partial charge is 0.374 e. The number of rotatable bonds is 5. The molecule has 0 aliphatic heterocycles. The Bertz CT molecular complexity index is 517. The van der Waals surface area contributed by atoms with Gasteiger partial charge >= 0.3 is 0 Å². The molecule has 3 N–H and O–H groups in total. The Hall–Kier alpha value is -1.47. The number of anilines is 1. The van der Waals surface area contributed by atoms with Gasteiger partial charge in [-0.05, 0) is 26.8 Å². The second-order valence-corrected chi connectivity index (χ2v) is 5.52.